The molecule has 0 unspecified atom stereocenters. The van der Waals surface area contributed by atoms with Crippen LogP contribution in [0.5, 0.6) is 0 Å². The lowest BCUT2D eigenvalue weighted by Gasteiger charge is -2.31. The number of esters is 1. The number of benzene rings is 2. The number of nitrogens with zero attached hydrogens (tertiary/aromatic N) is 1. The van der Waals surface area contributed by atoms with Gasteiger partial charge in [-0.25, -0.2) is 4.79 Å². The quantitative estimate of drug-likeness (QED) is 0.565. The van der Waals surface area contributed by atoms with Crippen molar-refractivity contribution in [2.24, 2.45) is 11.7 Å². The van der Waals surface area contributed by atoms with Gasteiger partial charge in [0.2, 0.25) is 5.91 Å². The van der Waals surface area contributed by atoms with Gasteiger partial charge in [0, 0.05) is 13.0 Å². The Morgan fingerprint density at radius 1 is 1.11 bits per heavy atom. The average Bonchev–Trinajstić information content (AvgIpc) is 3.35. The first-order chi connectivity index (χ1) is 17.0. The molecule has 0 spiro atoms. The molecule has 186 valence electrons. The molecule has 1 heterocycles. The number of hydrogen-bond acceptors (Lipinski definition) is 5. The van der Waals surface area contributed by atoms with E-state index < -0.39 is 18.1 Å². The van der Waals surface area contributed by atoms with Crippen LogP contribution in [0, 0.1) is 5.92 Å². The summed E-state index contributed by atoms with van der Waals surface area (Å²) in [6.45, 7) is 4.59. The van der Waals surface area contributed by atoms with Crippen molar-refractivity contribution in [3.8, 4) is 11.1 Å². The molecule has 1 saturated heterocycles. The monoisotopic (exact) mass is 476 g/mol. The van der Waals surface area contributed by atoms with E-state index in [-0.39, 0.29) is 17.9 Å². The number of ether oxygens (including phenoxy) is 2. The number of carbonyl (C=O) groups excluding carboxylic acids is 2. The lowest BCUT2D eigenvalue weighted by Crippen LogP contribution is -2.52. The van der Waals surface area contributed by atoms with Gasteiger partial charge in [0.05, 0.1) is 25.9 Å². The van der Waals surface area contributed by atoms with Gasteiger partial charge in [-0.15, -0.1) is 0 Å². The first kappa shape index (κ1) is 25.1. The number of methoxy groups -OCH3 is 1. The summed E-state index contributed by atoms with van der Waals surface area (Å²) < 4.78 is 11.2. The summed E-state index contributed by atoms with van der Waals surface area (Å²) >= 11 is 0. The zero-order valence-electron chi connectivity index (χ0n) is 20.5. The van der Waals surface area contributed by atoms with Gasteiger partial charge in [-0.2, -0.15) is 0 Å². The number of carbonyl (C=O) groups is 2. The number of likely N-dealkylation sites (tertiary alicyclic amines) is 1. The maximum atomic E-state index is 13.3. The normalized spacial score (nSPS) is 21.5. The number of amides is 1. The van der Waals surface area contributed by atoms with E-state index in [1.165, 1.54) is 13.5 Å². The standard InChI is InChI=1S/C29H36N2O4/c1-3-20-9-7-13-23(15-20)24-14-8-10-21(16-24)19-35-25-17-26(29(33)34-2)31(18-25)28(32)27(30)22-11-5-4-6-12-22/h3,7-10,13-16,22,25-27H,1,4-6,11-12,17-19,30H2,2H3/t25-,26+,27+/m1/s1. The minimum absolute atomic E-state index is 0.164. The van der Waals surface area contributed by atoms with Crippen LogP contribution in [0.15, 0.2) is 55.1 Å². The van der Waals surface area contributed by atoms with Crippen LogP contribution in [-0.4, -0.2) is 48.6 Å². The van der Waals surface area contributed by atoms with Crippen LogP contribution in [0.25, 0.3) is 17.2 Å². The molecule has 0 aromatic heterocycles. The van der Waals surface area contributed by atoms with E-state index in [2.05, 4.69) is 30.8 Å². The van der Waals surface area contributed by atoms with E-state index in [4.69, 9.17) is 15.2 Å². The van der Waals surface area contributed by atoms with Crippen molar-refractivity contribution in [3.05, 3.63) is 66.2 Å². The second-order valence-electron chi connectivity index (χ2n) is 9.65. The van der Waals surface area contributed by atoms with E-state index in [9.17, 15) is 9.59 Å². The summed E-state index contributed by atoms with van der Waals surface area (Å²) in [6.07, 6.45) is 7.34. The van der Waals surface area contributed by atoms with Crippen molar-refractivity contribution < 1.29 is 19.1 Å². The summed E-state index contributed by atoms with van der Waals surface area (Å²) in [5.74, 6) is -0.399. The molecule has 6 heteroatoms. The molecule has 3 atom stereocenters. The van der Waals surface area contributed by atoms with E-state index in [1.54, 1.807) is 4.90 Å². The topological polar surface area (TPSA) is 81.9 Å². The molecular weight excluding hydrogens is 440 g/mol. The van der Waals surface area contributed by atoms with Crippen LogP contribution >= 0.6 is 0 Å². The number of rotatable bonds is 8. The lowest BCUT2D eigenvalue weighted by atomic mass is 9.83. The molecule has 1 saturated carbocycles. The highest BCUT2D eigenvalue weighted by atomic mass is 16.5. The zero-order chi connectivity index (χ0) is 24.8. The molecule has 35 heavy (non-hydrogen) atoms. The Balaban J connectivity index is 1.42. The molecule has 0 radical (unpaired) electrons. The molecule has 2 N–H and O–H groups in total. The largest absolute Gasteiger partial charge is 0.467 e. The summed E-state index contributed by atoms with van der Waals surface area (Å²) in [7, 11) is 1.35. The van der Waals surface area contributed by atoms with Gasteiger partial charge in [0.15, 0.2) is 0 Å². The van der Waals surface area contributed by atoms with Crippen LogP contribution in [0.1, 0.15) is 49.7 Å². The summed E-state index contributed by atoms with van der Waals surface area (Å²) in [5, 5.41) is 0. The third kappa shape index (κ3) is 6.00. The molecule has 1 aliphatic heterocycles. The third-order valence-electron chi connectivity index (χ3n) is 7.33. The maximum absolute atomic E-state index is 13.3. The van der Waals surface area contributed by atoms with Crippen molar-refractivity contribution in [1.82, 2.24) is 4.90 Å². The summed E-state index contributed by atoms with van der Waals surface area (Å²) in [4.78, 5) is 27.4. The van der Waals surface area contributed by atoms with Crippen LogP contribution in [0.3, 0.4) is 0 Å². The smallest absolute Gasteiger partial charge is 0.328 e. The lowest BCUT2D eigenvalue weighted by molar-refractivity contribution is -0.151. The van der Waals surface area contributed by atoms with E-state index in [0.717, 1.165) is 47.9 Å². The Labute approximate surface area is 208 Å². The van der Waals surface area contributed by atoms with Crippen molar-refractivity contribution in [3.63, 3.8) is 0 Å². The number of nitrogens with two attached hydrogens (primary N) is 1. The van der Waals surface area contributed by atoms with E-state index >= 15 is 0 Å². The van der Waals surface area contributed by atoms with Crippen molar-refractivity contribution >= 4 is 18.0 Å². The molecule has 2 aliphatic rings. The van der Waals surface area contributed by atoms with E-state index in [0.29, 0.717) is 19.6 Å². The van der Waals surface area contributed by atoms with Gasteiger partial charge in [0.1, 0.15) is 6.04 Å². The molecule has 1 amide bonds. The molecule has 2 fully saturated rings. The summed E-state index contributed by atoms with van der Waals surface area (Å²) in [5.41, 5.74) is 10.7. The maximum Gasteiger partial charge on any atom is 0.328 e. The predicted molar refractivity (Wildman–Crippen MR) is 137 cm³/mol. The van der Waals surface area contributed by atoms with Gasteiger partial charge < -0.3 is 20.1 Å². The second-order valence-corrected chi connectivity index (χ2v) is 9.65. The molecule has 2 aromatic rings. The Hall–Kier alpha value is -2.96. The number of hydrogen-bond donors (Lipinski definition) is 1. The fraction of sp³-hybridized carbons (Fsp3) is 0.448. The molecule has 1 aliphatic carbocycles. The predicted octanol–water partition coefficient (Wildman–Crippen LogP) is 4.56. The van der Waals surface area contributed by atoms with Crippen LogP contribution < -0.4 is 5.73 Å². The fourth-order valence-corrected chi connectivity index (χ4v) is 5.31. The third-order valence-corrected chi connectivity index (χ3v) is 7.33. The molecule has 2 aromatic carbocycles. The Bertz CT molecular complexity index is 1050. The van der Waals surface area contributed by atoms with E-state index in [1.807, 2.05) is 30.3 Å². The van der Waals surface area contributed by atoms with Gasteiger partial charge in [-0.05, 0) is 53.1 Å². The molecular formula is C29H36N2O4. The Morgan fingerprint density at radius 3 is 2.54 bits per heavy atom. The minimum atomic E-state index is -0.653. The SMILES string of the molecule is C=Cc1cccc(-c2cccc(CO[C@@H]3C[C@@H](C(=O)OC)N(C(=O)[C@@H](N)C4CCCCC4)C3)c2)c1. The zero-order valence-corrected chi connectivity index (χ0v) is 20.5. The minimum Gasteiger partial charge on any atom is -0.467 e. The van der Waals surface area contributed by atoms with Gasteiger partial charge in [-0.3, -0.25) is 4.79 Å². The van der Waals surface area contributed by atoms with Crippen molar-refractivity contribution in [2.75, 3.05) is 13.7 Å². The second kappa shape index (κ2) is 11.6. The van der Waals surface area contributed by atoms with Gasteiger partial charge in [0.25, 0.3) is 0 Å². The summed E-state index contributed by atoms with van der Waals surface area (Å²) in [6, 6.07) is 15.2. The molecule has 6 nitrogen and oxygen atoms in total. The van der Waals surface area contributed by atoms with Crippen LogP contribution in [0.4, 0.5) is 0 Å². The fourth-order valence-electron chi connectivity index (χ4n) is 5.31. The Morgan fingerprint density at radius 2 is 1.83 bits per heavy atom. The Kier molecular flexibility index (Phi) is 8.37. The highest BCUT2D eigenvalue weighted by molar-refractivity contribution is 5.88. The van der Waals surface area contributed by atoms with Crippen LogP contribution in [-0.2, 0) is 25.7 Å². The molecule has 4 rings (SSSR count). The van der Waals surface area contributed by atoms with Gasteiger partial charge >= 0.3 is 5.97 Å². The highest BCUT2D eigenvalue weighted by Gasteiger charge is 2.43. The van der Waals surface area contributed by atoms with Gasteiger partial charge in [-0.1, -0.05) is 68.3 Å². The highest BCUT2D eigenvalue weighted by Crippen LogP contribution is 2.30. The first-order valence-electron chi connectivity index (χ1n) is 12.6. The first-order valence-corrected chi connectivity index (χ1v) is 12.6. The molecule has 0 bridgehead atoms. The van der Waals surface area contributed by atoms with Crippen molar-refractivity contribution in [1.29, 1.82) is 0 Å². The van der Waals surface area contributed by atoms with Crippen molar-refractivity contribution in [2.45, 2.75) is 63.3 Å². The average molecular weight is 477 g/mol. The van der Waals surface area contributed by atoms with Crippen LogP contribution in [0.2, 0.25) is 0 Å².